The fourth-order valence-electron chi connectivity index (χ4n) is 3.74. The van der Waals surface area contributed by atoms with Gasteiger partial charge in [0.25, 0.3) is 0 Å². The molecule has 0 spiro atoms. The molecule has 8 heteroatoms. The topological polar surface area (TPSA) is 80.2 Å². The van der Waals surface area contributed by atoms with Gasteiger partial charge in [-0.05, 0) is 44.0 Å². The summed E-state index contributed by atoms with van der Waals surface area (Å²) in [6.45, 7) is 5.30. The summed E-state index contributed by atoms with van der Waals surface area (Å²) in [6.07, 6.45) is 2.94. The van der Waals surface area contributed by atoms with Crippen LogP contribution in [0.5, 0.6) is 5.75 Å². The minimum Gasteiger partial charge on any atom is -0.505 e. The van der Waals surface area contributed by atoms with Crippen LogP contribution in [0, 0.1) is 5.82 Å². The number of nitrogens with zero attached hydrogens (tertiary/aromatic N) is 3. The molecule has 30 heavy (non-hydrogen) atoms. The molecule has 1 aromatic carbocycles. The van der Waals surface area contributed by atoms with Gasteiger partial charge in [0.05, 0.1) is 28.1 Å². The second-order valence-electron chi connectivity index (χ2n) is 8.14. The van der Waals surface area contributed by atoms with Crippen LogP contribution in [0.2, 0.25) is 0 Å². The van der Waals surface area contributed by atoms with Gasteiger partial charge in [-0.25, -0.2) is 19.3 Å². The van der Waals surface area contributed by atoms with E-state index in [0.717, 1.165) is 49.5 Å². The van der Waals surface area contributed by atoms with Gasteiger partial charge in [-0.15, -0.1) is 11.3 Å². The van der Waals surface area contributed by atoms with Crippen molar-refractivity contribution < 1.29 is 14.2 Å². The monoisotopic (exact) mass is 424 g/mol. The molecule has 0 atom stereocenters. The predicted octanol–water partition coefficient (Wildman–Crippen LogP) is 4.59. The Labute approximate surface area is 176 Å². The Morgan fingerprint density at radius 1 is 1.27 bits per heavy atom. The molecule has 5 rings (SSSR count). The summed E-state index contributed by atoms with van der Waals surface area (Å²) in [5, 5.41) is 13.7. The van der Waals surface area contributed by atoms with Crippen molar-refractivity contribution >= 4 is 37.6 Å². The number of thiophene rings is 1. The number of fused-ring (bicyclic) bond motifs is 4. The molecule has 154 valence electrons. The van der Waals surface area contributed by atoms with Crippen LogP contribution in [0.3, 0.4) is 0 Å². The van der Waals surface area contributed by atoms with E-state index < -0.39 is 5.82 Å². The van der Waals surface area contributed by atoms with E-state index in [1.807, 2.05) is 0 Å². The van der Waals surface area contributed by atoms with Crippen molar-refractivity contribution in [3.8, 4) is 5.75 Å². The van der Waals surface area contributed by atoms with Gasteiger partial charge in [0.15, 0.2) is 11.6 Å². The Morgan fingerprint density at radius 3 is 2.97 bits per heavy atom. The fourth-order valence-corrected chi connectivity index (χ4v) is 4.84. The van der Waals surface area contributed by atoms with Crippen molar-refractivity contribution in [1.82, 2.24) is 15.0 Å². The average Bonchev–Trinajstić information content (AvgIpc) is 3.06. The molecule has 0 unspecified atom stereocenters. The molecular weight excluding hydrogens is 403 g/mol. The largest absolute Gasteiger partial charge is 0.505 e. The fraction of sp³-hybridized carbons (Fsp3) is 0.318. The summed E-state index contributed by atoms with van der Waals surface area (Å²) < 4.78 is 20.4. The normalized spacial score (nSPS) is 15.4. The van der Waals surface area contributed by atoms with Crippen molar-refractivity contribution in [3.05, 3.63) is 53.2 Å². The first-order chi connectivity index (χ1) is 14.4. The highest BCUT2D eigenvalue weighted by Crippen LogP contribution is 2.37. The Hall–Kier alpha value is -2.84. The van der Waals surface area contributed by atoms with Gasteiger partial charge < -0.3 is 15.2 Å². The van der Waals surface area contributed by atoms with Crippen LogP contribution >= 0.6 is 11.3 Å². The number of benzene rings is 1. The lowest BCUT2D eigenvalue weighted by Gasteiger charge is -2.30. The molecule has 0 saturated carbocycles. The number of hydrogen-bond acceptors (Lipinski definition) is 7. The Morgan fingerprint density at radius 2 is 2.13 bits per heavy atom. The smallest absolute Gasteiger partial charge is 0.165 e. The van der Waals surface area contributed by atoms with Crippen molar-refractivity contribution in [1.29, 1.82) is 0 Å². The Bertz CT molecular complexity index is 1270. The van der Waals surface area contributed by atoms with E-state index in [-0.39, 0.29) is 11.4 Å². The van der Waals surface area contributed by atoms with Crippen molar-refractivity contribution in [3.63, 3.8) is 0 Å². The molecule has 0 saturated heterocycles. The first-order valence-electron chi connectivity index (χ1n) is 9.81. The van der Waals surface area contributed by atoms with Crippen LogP contribution in [-0.2, 0) is 24.2 Å². The Balaban J connectivity index is 1.44. The van der Waals surface area contributed by atoms with Crippen molar-refractivity contribution in [2.75, 3.05) is 11.9 Å². The van der Waals surface area contributed by atoms with Gasteiger partial charge in [-0.1, -0.05) is 6.07 Å². The summed E-state index contributed by atoms with van der Waals surface area (Å²) in [5.74, 6) is -0.195. The summed E-state index contributed by atoms with van der Waals surface area (Å²) >= 11 is 1.58. The molecular formula is C22H21FN4O2S. The number of phenolic OH excluding ortho intramolecular Hbond substituents is 1. The zero-order valence-electron chi connectivity index (χ0n) is 16.7. The maximum absolute atomic E-state index is 13.5. The van der Waals surface area contributed by atoms with Gasteiger partial charge in [0, 0.05) is 23.9 Å². The van der Waals surface area contributed by atoms with Gasteiger partial charge in [-0.2, -0.15) is 0 Å². The van der Waals surface area contributed by atoms with Crippen molar-refractivity contribution in [2.24, 2.45) is 0 Å². The maximum atomic E-state index is 13.5. The van der Waals surface area contributed by atoms with E-state index in [4.69, 9.17) is 9.72 Å². The number of phenols is 1. The molecule has 2 N–H and O–H groups in total. The molecule has 4 heterocycles. The number of halogens is 1. The summed E-state index contributed by atoms with van der Waals surface area (Å²) in [7, 11) is 0. The highest BCUT2D eigenvalue weighted by molar-refractivity contribution is 7.25. The molecule has 0 radical (unpaired) electrons. The molecule has 0 amide bonds. The van der Waals surface area contributed by atoms with Crippen LogP contribution in [0.25, 0.3) is 20.4 Å². The molecule has 1 aliphatic heterocycles. The van der Waals surface area contributed by atoms with E-state index in [0.29, 0.717) is 19.6 Å². The standard InChI is InChI=1S/C22H21FN4O2S/c1-22(2)9-16-13(10-29-22)8-14-18-19(30-21(14)27-16)20(26-11-25-18)24-6-5-12-3-4-17(28)15(23)7-12/h3-4,7-8,11,28H,5-6,9-10H2,1-2H3,(H,24,25,26). The van der Waals surface area contributed by atoms with E-state index in [9.17, 15) is 9.50 Å². The first kappa shape index (κ1) is 19.1. The van der Waals surface area contributed by atoms with Gasteiger partial charge in [0.1, 0.15) is 17.0 Å². The summed E-state index contributed by atoms with van der Waals surface area (Å²) in [6, 6.07) is 6.58. The summed E-state index contributed by atoms with van der Waals surface area (Å²) in [5.41, 5.74) is 3.68. The minimum absolute atomic E-state index is 0.204. The maximum Gasteiger partial charge on any atom is 0.165 e. The molecule has 0 fully saturated rings. The number of pyridine rings is 1. The lowest BCUT2D eigenvalue weighted by molar-refractivity contribution is -0.0411. The number of aromatic hydroxyl groups is 1. The number of ether oxygens (including phenoxy) is 1. The number of rotatable bonds is 4. The van der Waals surface area contributed by atoms with Crippen molar-refractivity contribution in [2.45, 2.75) is 38.9 Å². The zero-order chi connectivity index (χ0) is 20.9. The van der Waals surface area contributed by atoms with Crippen LogP contribution < -0.4 is 5.32 Å². The van der Waals surface area contributed by atoms with E-state index >= 15 is 0 Å². The van der Waals surface area contributed by atoms with Gasteiger partial charge >= 0.3 is 0 Å². The number of aromatic nitrogens is 3. The second kappa shape index (κ2) is 7.14. The Kier molecular flexibility index (Phi) is 4.56. The van der Waals surface area contributed by atoms with E-state index in [1.54, 1.807) is 23.7 Å². The molecule has 0 bridgehead atoms. The number of anilines is 1. The van der Waals surface area contributed by atoms with E-state index in [2.05, 4.69) is 35.2 Å². The predicted molar refractivity (Wildman–Crippen MR) is 116 cm³/mol. The molecule has 6 nitrogen and oxygen atoms in total. The van der Waals surface area contributed by atoms with Crippen LogP contribution in [0.4, 0.5) is 10.2 Å². The molecule has 4 aromatic rings. The third-order valence-electron chi connectivity index (χ3n) is 5.34. The van der Waals surface area contributed by atoms with E-state index in [1.165, 1.54) is 12.1 Å². The zero-order valence-corrected chi connectivity index (χ0v) is 17.5. The lowest BCUT2D eigenvalue weighted by Crippen LogP contribution is -2.32. The molecule has 1 aliphatic rings. The third-order valence-corrected chi connectivity index (χ3v) is 6.44. The number of hydrogen-bond donors (Lipinski definition) is 2. The van der Waals surface area contributed by atoms with Crippen LogP contribution in [0.1, 0.15) is 30.7 Å². The van der Waals surface area contributed by atoms with Crippen LogP contribution in [0.15, 0.2) is 30.6 Å². The van der Waals surface area contributed by atoms with Gasteiger partial charge in [-0.3, -0.25) is 0 Å². The SMILES string of the molecule is CC1(C)Cc2nc3sc4c(NCCc5ccc(O)c(F)c5)ncnc4c3cc2CO1. The lowest BCUT2D eigenvalue weighted by atomic mass is 9.95. The highest BCUT2D eigenvalue weighted by atomic mass is 32.1. The number of nitrogens with one attached hydrogen (secondary N) is 1. The summed E-state index contributed by atoms with van der Waals surface area (Å²) in [4.78, 5) is 14.8. The minimum atomic E-state index is -0.608. The first-order valence-corrected chi connectivity index (χ1v) is 10.6. The quantitative estimate of drug-likeness (QED) is 0.499. The third kappa shape index (κ3) is 3.46. The second-order valence-corrected chi connectivity index (χ2v) is 9.14. The molecule has 3 aromatic heterocycles. The highest BCUT2D eigenvalue weighted by Gasteiger charge is 2.28. The van der Waals surface area contributed by atoms with Crippen LogP contribution in [-0.4, -0.2) is 32.2 Å². The average molecular weight is 425 g/mol. The molecule has 0 aliphatic carbocycles. The van der Waals surface area contributed by atoms with Gasteiger partial charge in [0.2, 0.25) is 0 Å².